The number of hydrogen-bond acceptors (Lipinski definition) is 3. The molecule has 0 spiro atoms. The number of benzene rings is 1. The van der Waals surface area contributed by atoms with Crippen LogP contribution in [-0.2, 0) is 4.79 Å². The summed E-state index contributed by atoms with van der Waals surface area (Å²) in [7, 11) is 0. The van der Waals surface area contributed by atoms with Gasteiger partial charge in [-0.1, -0.05) is 24.3 Å². The molecule has 22 heavy (non-hydrogen) atoms. The van der Waals surface area contributed by atoms with Crippen molar-refractivity contribution >= 4 is 28.8 Å². The Kier molecular flexibility index (Phi) is 4.53. The van der Waals surface area contributed by atoms with Crippen LogP contribution in [-0.4, -0.2) is 29.3 Å². The Hall–Kier alpha value is -2.14. The van der Waals surface area contributed by atoms with E-state index in [1.54, 1.807) is 4.90 Å². The van der Waals surface area contributed by atoms with Crippen molar-refractivity contribution in [3.05, 3.63) is 52.7 Å². The molecule has 1 aliphatic rings. The van der Waals surface area contributed by atoms with E-state index in [4.69, 9.17) is 0 Å². The number of nitrogens with one attached hydrogen (secondary N) is 1. The molecule has 1 aromatic heterocycles. The normalized spacial score (nSPS) is 18.0. The smallest absolute Gasteiger partial charge is 0.264 e. The molecule has 114 valence electrons. The van der Waals surface area contributed by atoms with Gasteiger partial charge >= 0.3 is 0 Å². The fourth-order valence-corrected chi connectivity index (χ4v) is 3.42. The number of anilines is 1. The van der Waals surface area contributed by atoms with Crippen molar-refractivity contribution in [2.75, 3.05) is 11.9 Å². The molecule has 0 saturated carbocycles. The van der Waals surface area contributed by atoms with Crippen LogP contribution in [0.4, 0.5) is 5.69 Å². The molecule has 1 N–H and O–H groups in total. The molecule has 4 nitrogen and oxygen atoms in total. The first-order chi connectivity index (χ1) is 10.8. The molecule has 0 aliphatic carbocycles. The average Bonchev–Trinajstić information content (AvgIpc) is 3.09. The maximum absolute atomic E-state index is 12.6. The minimum Gasteiger partial charge on any atom is -0.326 e. The van der Waals surface area contributed by atoms with E-state index in [0.717, 1.165) is 24.9 Å². The molecule has 0 bridgehead atoms. The molecule has 1 aromatic carbocycles. The van der Waals surface area contributed by atoms with Gasteiger partial charge in [-0.15, -0.1) is 11.3 Å². The highest BCUT2D eigenvalue weighted by Gasteiger charge is 2.32. The first-order valence-corrected chi connectivity index (χ1v) is 8.34. The third-order valence-electron chi connectivity index (χ3n) is 3.84. The minimum absolute atomic E-state index is 0.0390. The number of para-hydroxylation sites is 1. The van der Waals surface area contributed by atoms with E-state index in [0.29, 0.717) is 11.4 Å². The van der Waals surface area contributed by atoms with Gasteiger partial charge in [0.05, 0.1) is 4.88 Å². The summed E-state index contributed by atoms with van der Waals surface area (Å²) in [6, 6.07) is 12.7. The zero-order valence-corrected chi connectivity index (χ0v) is 13.0. The molecule has 1 fully saturated rings. The van der Waals surface area contributed by atoms with Crippen molar-refractivity contribution in [3.63, 3.8) is 0 Å². The molecule has 0 radical (unpaired) electrons. The van der Waals surface area contributed by atoms with Crippen molar-refractivity contribution in [2.24, 2.45) is 0 Å². The van der Waals surface area contributed by atoms with Gasteiger partial charge in [0.1, 0.15) is 6.04 Å². The van der Waals surface area contributed by atoms with Crippen LogP contribution in [0.1, 0.15) is 28.9 Å². The number of piperidine rings is 1. The summed E-state index contributed by atoms with van der Waals surface area (Å²) in [5, 5.41) is 4.80. The Labute approximate surface area is 133 Å². The van der Waals surface area contributed by atoms with Crippen LogP contribution in [0, 0.1) is 0 Å². The molecule has 2 aromatic rings. The lowest BCUT2D eigenvalue weighted by Crippen LogP contribution is -2.49. The highest BCUT2D eigenvalue weighted by atomic mass is 32.1. The Morgan fingerprint density at radius 3 is 2.64 bits per heavy atom. The number of nitrogens with zero attached hydrogens (tertiary/aromatic N) is 1. The van der Waals surface area contributed by atoms with Gasteiger partial charge in [-0.3, -0.25) is 9.59 Å². The second-order valence-corrected chi connectivity index (χ2v) is 6.29. The lowest BCUT2D eigenvalue weighted by Gasteiger charge is -2.34. The number of carbonyl (C=O) groups excluding carboxylic acids is 2. The van der Waals surface area contributed by atoms with E-state index >= 15 is 0 Å². The summed E-state index contributed by atoms with van der Waals surface area (Å²) in [6.45, 7) is 0.642. The Morgan fingerprint density at radius 2 is 1.91 bits per heavy atom. The number of carbonyl (C=O) groups is 2. The van der Waals surface area contributed by atoms with Crippen LogP contribution in [0.3, 0.4) is 0 Å². The molecule has 2 amide bonds. The molecule has 0 unspecified atom stereocenters. The number of likely N-dealkylation sites (tertiary alicyclic amines) is 1. The summed E-state index contributed by atoms with van der Waals surface area (Å²) < 4.78 is 0. The summed E-state index contributed by atoms with van der Waals surface area (Å²) in [5.74, 6) is -0.140. The van der Waals surface area contributed by atoms with E-state index in [-0.39, 0.29) is 17.9 Å². The topological polar surface area (TPSA) is 49.4 Å². The van der Waals surface area contributed by atoms with E-state index in [2.05, 4.69) is 5.32 Å². The SMILES string of the molecule is O=C(Nc1ccccc1)[C@H]1CCCCN1C(=O)c1cccs1. The fourth-order valence-electron chi connectivity index (χ4n) is 2.74. The van der Waals surface area contributed by atoms with Gasteiger partial charge in [-0.2, -0.15) is 0 Å². The average molecular weight is 314 g/mol. The Balaban J connectivity index is 1.75. The number of hydrogen-bond donors (Lipinski definition) is 1. The second-order valence-electron chi connectivity index (χ2n) is 5.34. The van der Waals surface area contributed by atoms with Crippen LogP contribution in [0.5, 0.6) is 0 Å². The first kappa shape index (κ1) is 14.8. The summed E-state index contributed by atoms with van der Waals surface area (Å²) in [6.07, 6.45) is 2.64. The highest BCUT2D eigenvalue weighted by molar-refractivity contribution is 7.12. The lowest BCUT2D eigenvalue weighted by molar-refractivity contribution is -0.121. The molecular formula is C17H18N2O2S. The third-order valence-corrected chi connectivity index (χ3v) is 4.70. The van der Waals surface area contributed by atoms with Gasteiger partial charge in [-0.05, 0) is 42.8 Å². The molecule has 1 saturated heterocycles. The van der Waals surface area contributed by atoms with Gasteiger partial charge in [-0.25, -0.2) is 0 Å². The van der Waals surface area contributed by atoms with Crippen LogP contribution in [0.25, 0.3) is 0 Å². The lowest BCUT2D eigenvalue weighted by atomic mass is 10.0. The largest absolute Gasteiger partial charge is 0.326 e. The van der Waals surface area contributed by atoms with E-state index in [1.807, 2.05) is 47.8 Å². The van der Waals surface area contributed by atoms with E-state index in [1.165, 1.54) is 11.3 Å². The molecule has 5 heteroatoms. The number of rotatable bonds is 3. The van der Waals surface area contributed by atoms with Crippen LogP contribution >= 0.6 is 11.3 Å². The predicted octanol–water partition coefficient (Wildman–Crippen LogP) is 3.38. The zero-order valence-electron chi connectivity index (χ0n) is 12.2. The zero-order chi connectivity index (χ0) is 15.4. The van der Waals surface area contributed by atoms with Crippen molar-refractivity contribution in [3.8, 4) is 0 Å². The Morgan fingerprint density at radius 1 is 1.09 bits per heavy atom. The molecule has 3 rings (SSSR count). The first-order valence-electron chi connectivity index (χ1n) is 7.46. The van der Waals surface area contributed by atoms with Gasteiger partial charge in [0.15, 0.2) is 0 Å². The summed E-state index contributed by atoms with van der Waals surface area (Å²) >= 11 is 1.42. The molecular weight excluding hydrogens is 296 g/mol. The number of thiophene rings is 1. The highest BCUT2D eigenvalue weighted by Crippen LogP contribution is 2.23. The van der Waals surface area contributed by atoms with Gasteiger partial charge in [0, 0.05) is 12.2 Å². The van der Waals surface area contributed by atoms with Crippen molar-refractivity contribution in [2.45, 2.75) is 25.3 Å². The monoisotopic (exact) mass is 314 g/mol. The van der Waals surface area contributed by atoms with Crippen LogP contribution < -0.4 is 5.32 Å². The van der Waals surface area contributed by atoms with Gasteiger partial charge in [0.25, 0.3) is 5.91 Å². The third kappa shape index (κ3) is 3.20. The van der Waals surface area contributed by atoms with Crippen LogP contribution in [0.15, 0.2) is 47.8 Å². The van der Waals surface area contributed by atoms with E-state index in [9.17, 15) is 9.59 Å². The predicted molar refractivity (Wildman–Crippen MR) is 88.1 cm³/mol. The van der Waals surface area contributed by atoms with Crippen molar-refractivity contribution in [1.82, 2.24) is 4.90 Å². The van der Waals surface area contributed by atoms with Crippen molar-refractivity contribution < 1.29 is 9.59 Å². The Bertz CT molecular complexity index is 640. The maximum atomic E-state index is 12.6. The molecule has 1 aliphatic heterocycles. The minimum atomic E-state index is -0.386. The van der Waals surface area contributed by atoms with Gasteiger partial charge in [0.2, 0.25) is 5.91 Å². The van der Waals surface area contributed by atoms with Gasteiger partial charge < -0.3 is 10.2 Å². The fraction of sp³-hybridized carbons (Fsp3) is 0.294. The van der Waals surface area contributed by atoms with Crippen LogP contribution in [0.2, 0.25) is 0 Å². The maximum Gasteiger partial charge on any atom is 0.264 e. The molecule has 2 heterocycles. The van der Waals surface area contributed by atoms with Crippen molar-refractivity contribution in [1.29, 1.82) is 0 Å². The summed E-state index contributed by atoms with van der Waals surface area (Å²) in [5.41, 5.74) is 0.765. The number of amides is 2. The standard InChI is InChI=1S/C17H18N2O2S/c20-16(18-13-7-2-1-3-8-13)14-9-4-5-11-19(14)17(21)15-10-6-12-22-15/h1-3,6-8,10,12,14H,4-5,9,11H2,(H,18,20)/t14-/m1/s1. The molecule has 1 atom stereocenters. The second kappa shape index (κ2) is 6.75. The van der Waals surface area contributed by atoms with E-state index < -0.39 is 0 Å². The quantitative estimate of drug-likeness (QED) is 0.944. The summed E-state index contributed by atoms with van der Waals surface area (Å²) in [4.78, 5) is 27.5.